The van der Waals surface area contributed by atoms with E-state index in [2.05, 4.69) is 10.6 Å². The molecule has 1 aliphatic heterocycles. The first-order valence-electron chi connectivity index (χ1n) is 8.03. The molecule has 2 rings (SSSR count). The van der Waals surface area contributed by atoms with Crippen LogP contribution in [0.5, 0.6) is 0 Å². The second-order valence-electron chi connectivity index (χ2n) is 5.68. The van der Waals surface area contributed by atoms with Gasteiger partial charge in [0, 0.05) is 26.2 Å². The van der Waals surface area contributed by atoms with Crippen LogP contribution < -0.4 is 10.6 Å². The van der Waals surface area contributed by atoms with Crippen molar-refractivity contribution in [3.8, 4) is 0 Å². The number of halogens is 1. The fourth-order valence-electron chi connectivity index (χ4n) is 3.18. The third-order valence-electron chi connectivity index (χ3n) is 4.25. The van der Waals surface area contributed by atoms with Crippen LogP contribution in [0.2, 0.25) is 0 Å². The van der Waals surface area contributed by atoms with E-state index in [1.54, 1.807) is 0 Å². The van der Waals surface area contributed by atoms with Crippen LogP contribution in [0.3, 0.4) is 0 Å². The lowest BCUT2D eigenvalue weighted by molar-refractivity contribution is -0.134. The predicted molar refractivity (Wildman–Crippen MR) is 84.9 cm³/mol. The maximum Gasteiger partial charge on any atom is 0.250 e. The van der Waals surface area contributed by atoms with Crippen LogP contribution in [0, 0.1) is 5.92 Å². The minimum absolute atomic E-state index is 0. The highest BCUT2D eigenvalue weighted by Gasteiger charge is 2.26. The molecule has 0 bridgehead atoms. The summed E-state index contributed by atoms with van der Waals surface area (Å²) in [4.78, 5) is 11.9. The maximum atomic E-state index is 11.9. The van der Waals surface area contributed by atoms with Crippen LogP contribution in [0.25, 0.3) is 0 Å². The molecule has 2 fully saturated rings. The van der Waals surface area contributed by atoms with Crippen LogP contribution in [-0.2, 0) is 14.3 Å². The van der Waals surface area contributed by atoms with Crippen LogP contribution in [0.4, 0.5) is 0 Å². The number of carbonyl (C=O) groups is 1. The Morgan fingerprint density at radius 2 is 2.19 bits per heavy atom. The van der Waals surface area contributed by atoms with E-state index >= 15 is 0 Å². The van der Waals surface area contributed by atoms with Gasteiger partial charge in [0.15, 0.2) is 0 Å². The highest BCUT2D eigenvalue weighted by atomic mass is 35.5. The number of hydrogen-bond donors (Lipinski definition) is 2. The molecule has 0 radical (unpaired) electrons. The number of carbonyl (C=O) groups excluding carboxylic acids is 1. The Morgan fingerprint density at radius 3 is 2.81 bits per heavy atom. The minimum atomic E-state index is -0.333. The number of nitrogens with one attached hydrogen (secondary N) is 2. The van der Waals surface area contributed by atoms with Crippen molar-refractivity contribution in [2.75, 3.05) is 32.8 Å². The summed E-state index contributed by atoms with van der Waals surface area (Å²) in [7, 11) is 0. The average molecular weight is 321 g/mol. The lowest BCUT2D eigenvalue weighted by Crippen LogP contribution is -2.48. The molecule has 1 aliphatic carbocycles. The maximum absolute atomic E-state index is 11.9. The summed E-state index contributed by atoms with van der Waals surface area (Å²) in [6.45, 7) is 5.54. The van der Waals surface area contributed by atoms with Gasteiger partial charge in [0.1, 0.15) is 6.10 Å². The van der Waals surface area contributed by atoms with Gasteiger partial charge in [0.05, 0.1) is 12.7 Å². The molecule has 0 aromatic rings. The lowest BCUT2D eigenvalue weighted by Gasteiger charge is -2.25. The first kappa shape index (κ1) is 18.7. The Kier molecular flexibility index (Phi) is 9.24. The topological polar surface area (TPSA) is 59.6 Å². The molecular weight excluding hydrogens is 292 g/mol. The van der Waals surface area contributed by atoms with Crippen LogP contribution in [0.15, 0.2) is 0 Å². The van der Waals surface area contributed by atoms with Gasteiger partial charge in [-0.1, -0.05) is 12.8 Å². The predicted octanol–water partition coefficient (Wildman–Crippen LogP) is 1.50. The SMILES string of the molecule is CCOC(CCNC(=O)C1CNCCO1)C1CCCC1.Cl. The van der Waals surface area contributed by atoms with Crippen LogP contribution in [-0.4, -0.2) is 51.0 Å². The van der Waals surface area contributed by atoms with Crippen molar-refractivity contribution in [1.82, 2.24) is 10.6 Å². The quantitative estimate of drug-likeness (QED) is 0.746. The zero-order chi connectivity index (χ0) is 14.2. The Bertz CT molecular complexity index is 293. The third kappa shape index (κ3) is 6.10. The molecule has 6 heteroatoms. The van der Waals surface area contributed by atoms with E-state index in [1.165, 1.54) is 25.7 Å². The number of rotatable bonds is 7. The van der Waals surface area contributed by atoms with Gasteiger partial charge in [-0.25, -0.2) is 0 Å². The molecule has 0 aromatic carbocycles. The summed E-state index contributed by atoms with van der Waals surface area (Å²) in [6.07, 6.45) is 6.06. The first-order chi connectivity index (χ1) is 9.81. The molecule has 5 nitrogen and oxygen atoms in total. The van der Waals surface area contributed by atoms with Gasteiger partial charge in [-0.05, 0) is 32.1 Å². The summed E-state index contributed by atoms with van der Waals surface area (Å²) in [6, 6.07) is 0. The van der Waals surface area contributed by atoms with Crippen molar-refractivity contribution in [2.24, 2.45) is 5.92 Å². The van der Waals surface area contributed by atoms with E-state index in [0.717, 1.165) is 19.6 Å². The van der Waals surface area contributed by atoms with Crippen LogP contribution in [0.1, 0.15) is 39.0 Å². The van der Waals surface area contributed by atoms with Crippen molar-refractivity contribution in [3.05, 3.63) is 0 Å². The van der Waals surface area contributed by atoms with E-state index < -0.39 is 0 Å². The van der Waals surface area contributed by atoms with E-state index in [9.17, 15) is 4.79 Å². The molecule has 2 N–H and O–H groups in total. The third-order valence-corrected chi connectivity index (χ3v) is 4.25. The molecule has 0 aromatic heterocycles. The molecule has 2 atom stereocenters. The van der Waals surface area contributed by atoms with E-state index in [1.807, 2.05) is 6.92 Å². The van der Waals surface area contributed by atoms with Gasteiger partial charge >= 0.3 is 0 Å². The van der Waals surface area contributed by atoms with E-state index in [-0.39, 0.29) is 24.4 Å². The Labute approximate surface area is 133 Å². The zero-order valence-electron chi connectivity index (χ0n) is 12.9. The molecule has 1 heterocycles. The Morgan fingerprint density at radius 1 is 1.43 bits per heavy atom. The number of amides is 1. The van der Waals surface area contributed by atoms with Crippen molar-refractivity contribution < 1.29 is 14.3 Å². The number of hydrogen-bond acceptors (Lipinski definition) is 4. The van der Waals surface area contributed by atoms with Gasteiger partial charge < -0.3 is 20.1 Å². The van der Waals surface area contributed by atoms with Gasteiger partial charge in [-0.2, -0.15) is 0 Å². The summed E-state index contributed by atoms with van der Waals surface area (Å²) in [5.41, 5.74) is 0. The van der Waals surface area contributed by atoms with Crippen LogP contribution >= 0.6 is 12.4 Å². The van der Waals surface area contributed by atoms with E-state index in [0.29, 0.717) is 31.7 Å². The summed E-state index contributed by atoms with van der Waals surface area (Å²) in [5.74, 6) is 0.679. The Hall–Kier alpha value is -0.360. The second-order valence-corrected chi connectivity index (χ2v) is 5.68. The van der Waals surface area contributed by atoms with Crippen molar-refractivity contribution in [1.29, 1.82) is 0 Å². The van der Waals surface area contributed by atoms with Gasteiger partial charge in [0.2, 0.25) is 5.91 Å². The molecule has 1 saturated carbocycles. The zero-order valence-corrected chi connectivity index (χ0v) is 13.8. The summed E-state index contributed by atoms with van der Waals surface area (Å²) in [5, 5.41) is 6.15. The van der Waals surface area contributed by atoms with Crippen molar-refractivity contribution in [3.63, 3.8) is 0 Å². The highest BCUT2D eigenvalue weighted by Crippen LogP contribution is 2.30. The second kappa shape index (κ2) is 10.4. The average Bonchev–Trinajstić information content (AvgIpc) is 3.01. The normalized spacial score (nSPS) is 24.3. The summed E-state index contributed by atoms with van der Waals surface area (Å²) < 4.78 is 11.3. The Balaban J connectivity index is 0.00000220. The standard InChI is InChI=1S/C15H28N2O3.ClH/c1-2-19-13(12-5-3-4-6-12)7-8-17-15(18)14-11-16-9-10-20-14;/h12-14,16H,2-11H2,1H3,(H,17,18);1H. The molecule has 0 spiro atoms. The number of ether oxygens (including phenoxy) is 2. The number of morpholine rings is 1. The minimum Gasteiger partial charge on any atom is -0.378 e. The molecule has 2 aliphatic rings. The van der Waals surface area contributed by atoms with Gasteiger partial charge in [0.25, 0.3) is 0 Å². The molecule has 1 amide bonds. The largest absolute Gasteiger partial charge is 0.378 e. The smallest absolute Gasteiger partial charge is 0.250 e. The lowest BCUT2D eigenvalue weighted by atomic mass is 9.98. The van der Waals surface area contributed by atoms with Crippen molar-refractivity contribution in [2.45, 2.75) is 51.2 Å². The van der Waals surface area contributed by atoms with Gasteiger partial charge in [-0.15, -0.1) is 12.4 Å². The van der Waals surface area contributed by atoms with E-state index in [4.69, 9.17) is 9.47 Å². The monoisotopic (exact) mass is 320 g/mol. The van der Waals surface area contributed by atoms with Crippen molar-refractivity contribution >= 4 is 18.3 Å². The molecule has 124 valence electrons. The highest BCUT2D eigenvalue weighted by molar-refractivity contribution is 5.85. The molecule has 2 unspecified atom stereocenters. The van der Waals surface area contributed by atoms with Gasteiger partial charge in [-0.3, -0.25) is 4.79 Å². The fraction of sp³-hybridized carbons (Fsp3) is 0.933. The fourth-order valence-corrected chi connectivity index (χ4v) is 3.18. The molecular formula is C15H29ClN2O3. The first-order valence-corrected chi connectivity index (χ1v) is 8.03. The molecule has 1 saturated heterocycles. The molecule has 21 heavy (non-hydrogen) atoms. The summed E-state index contributed by atoms with van der Waals surface area (Å²) >= 11 is 0.